The molecule has 0 atom stereocenters. The summed E-state index contributed by atoms with van der Waals surface area (Å²) in [6.45, 7) is 1.80. The average Bonchev–Trinajstić information content (AvgIpc) is 2.49. The molecule has 0 unspecified atom stereocenters. The highest BCUT2D eigenvalue weighted by Crippen LogP contribution is 2.30. The van der Waals surface area contributed by atoms with Gasteiger partial charge in [-0.2, -0.15) is 10.5 Å². The van der Waals surface area contributed by atoms with E-state index in [1.807, 2.05) is 6.07 Å². The van der Waals surface area contributed by atoms with Crippen molar-refractivity contribution < 1.29 is 9.66 Å². The molecule has 0 heterocycles. The maximum Gasteiger partial charge on any atom is 0.290 e. The molecular weight excluding hydrogens is 270 g/mol. The van der Waals surface area contributed by atoms with Crippen LogP contribution in [0.3, 0.4) is 0 Å². The lowest BCUT2D eigenvalue weighted by atomic mass is 10.1. The fraction of sp³-hybridized carbons (Fsp3) is 0.0667. The summed E-state index contributed by atoms with van der Waals surface area (Å²) in [5.74, 6) is 0.673. The number of aryl methyl sites for hydroxylation is 1. The molecule has 0 spiro atoms. The van der Waals surface area contributed by atoms with Gasteiger partial charge in [0, 0.05) is 0 Å². The summed E-state index contributed by atoms with van der Waals surface area (Å²) in [7, 11) is 0. The molecule has 2 aromatic carbocycles. The molecule has 102 valence electrons. The molecule has 0 aliphatic carbocycles. The van der Waals surface area contributed by atoms with Crippen molar-refractivity contribution in [3.63, 3.8) is 0 Å². The van der Waals surface area contributed by atoms with E-state index in [-0.39, 0.29) is 17.0 Å². The van der Waals surface area contributed by atoms with Crippen LogP contribution in [0, 0.1) is 39.7 Å². The van der Waals surface area contributed by atoms with Gasteiger partial charge in [-0.25, -0.2) is 0 Å². The number of nitriles is 2. The van der Waals surface area contributed by atoms with Crippen molar-refractivity contribution >= 4 is 5.69 Å². The lowest BCUT2D eigenvalue weighted by molar-refractivity contribution is -0.385. The van der Waals surface area contributed by atoms with Crippen molar-refractivity contribution in [3.05, 3.63) is 63.2 Å². The van der Waals surface area contributed by atoms with E-state index < -0.39 is 4.92 Å². The van der Waals surface area contributed by atoms with Crippen LogP contribution in [-0.4, -0.2) is 4.92 Å². The van der Waals surface area contributed by atoms with E-state index in [1.165, 1.54) is 18.2 Å². The zero-order valence-corrected chi connectivity index (χ0v) is 11.0. The maximum absolute atomic E-state index is 10.9. The first-order valence-corrected chi connectivity index (χ1v) is 5.92. The third-order valence-electron chi connectivity index (χ3n) is 2.83. The number of hydrogen-bond donors (Lipinski definition) is 0. The second-order valence-electron chi connectivity index (χ2n) is 4.24. The Hall–Kier alpha value is -3.38. The normalized spacial score (nSPS) is 9.48. The molecule has 0 radical (unpaired) electrons. The Morgan fingerprint density at radius 1 is 1.14 bits per heavy atom. The molecular formula is C15H9N3O3. The number of nitro benzene ring substituents is 1. The summed E-state index contributed by atoms with van der Waals surface area (Å²) in [6, 6.07) is 12.7. The van der Waals surface area contributed by atoms with E-state index in [1.54, 1.807) is 31.2 Å². The van der Waals surface area contributed by atoms with Gasteiger partial charge in [0.25, 0.3) is 5.69 Å². The number of nitro groups is 1. The van der Waals surface area contributed by atoms with Crippen LogP contribution in [-0.2, 0) is 0 Å². The molecule has 21 heavy (non-hydrogen) atoms. The van der Waals surface area contributed by atoms with Crippen LogP contribution in [0.25, 0.3) is 0 Å². The van der Waals surface area contributed by atoms with Crippen LogP contribution in [0.15, 0.2) is 36.4 Å². The standard InChI is InChI=1S/C15H9N3O3/c1-10-2-3-11(8-16)6-15(10)21-13-5-4-12(9-17)14(7-13)18(19)20/h2-7H,1H3. The number of rotatable bonds is 3. The summed E-state index contributed by atoms with van der Waals surface area (Å²) in [5, 5.41) is 28.6. The fourth-order valence-corrected chi connectivity index (χ4v) is 1.73. The van der Waals surface area contributed by atoms with E-state index >= 15 is 0 Å². The topological polar surface area (TPSA) is 99.9 Å². The van der Waals surface area contributed by atoms with Crippen LogP contribution >= 0.6 is 0 Å². The quantitative estimate of drug-likeness (QED) is 0.632. The summed E-state index contributed by atoms with van der Waals surface area (Å²) in [4.78, 5) is 10.3. The molecule has 6 heteroatoms. The smallest absolute Gasteiger partial charge is 0.290 e. The van der Waals surface area contributed by atoms with E-state index in [4.69, 9.17) is 15.3 Å². The van der Waals surface area contributed by atoms with Crippen molar-refractivity contribution in [2.45, 2.75) is 6.92 Å². The highest BCUT2D eigenvalue weighted by atomic mass is 16.6. The molecule has 0 amide bonds. The van der Waals surface area contributed by atoms with Crippen LogP contribution in [0.2, 0.25) is 0 Å². The van der Waals surface area contributed by atoms with Gasteiger partial charge < -0.3 is 4.74 Å². The molecule has 0 aliphatic heterocycles. The van der Waals surface area contributed by atoms with Gasteiger partial charge in [-0.05, 0) is 36.8 Å². The van der Waals surface area contributed by atoms with Crippen molar-refractivity contribution in [3.8, 4) is 23.6 Å². The molecule has 0 N–H and O–H groups in total. The van der Waals surface area contributed by atoms with Crippen molar-refractivity contribution in [2.24, 2.45) is 0 Å². The van der Waals surface area contributed by atoms with Gasteiger partial charge in [-0.3, -0.25) is 10.1 Å². The minimum atomic E-state index is -0.635. The number of ether oxygens (including phenoxy) is 1. The number of nitrogens with zero attached hydrogens (tertiary/aromatic N) is 3. The second-order valence-corrected chi connectivity index (χ2v) is 4.24. The second kappa shape index (κ2) is 5.72. The first-order chi connectivity index (χ1) is 10.0. The van der Waals surface area contributed by atoms with Gasteiger partial charge in [0.2, 0.25) is 0 Å². The Morgan fingerprint density at radius 3 is 2.52 bits per heavy atom. The van der Waals surface area contributed by atoms with Crippen LogP contribution < -0.4 is 4.74 Å². The molecule has 0 aromatic heterocycles. The Balaban J connectivity index is 2.41. The Morgan fingerprint density at radius 2 is 1.90 bits per heavy atom. The monoisotopic (exact) mass is 279 g/mol. The van der Waals surface area contributed by atoms with E-state index in [9.17, 15) is 10.1 Å². The lowest BCUT2D eigenvalue weighted by Gasteiger charge is -2.09. The minimum absolute atomic E-state index is 0.0325. The van der Waals surface area contributed by atoms with E-state index in [0.717, 1.165) is 5.56 Å². The highest BCUT2D eigenvalue weighted by molar-refractivity contribution is 5.53. The molecule has 0 saturated heterocycles. The fourth-order valence-electron chi connectivity index (χ4n) is 1.73. The van der Waals surface area contributed by atoms with Gasteiger partial charge in [0.15, 0.2) is 0 Å². The predicted octanol–water partition coefficient (Wildman–Crippen LogP) is 3.44. The third-order valence-corrected chi connectivity index (χ3v) is 2.83. The van der Waals surface area contributed by atoms with Crippen molar-refractivity contribution in [1.82, 2.24) is 0 Å². The lowest BCUT2D eigenvalue weighted by Crippen LogP contribution is -1.94. The van der Waals surface area contributed by atoms with Crippen molar-refractivity contribution in [2.75, 3.05) is 0 Å². The van der Waals surface area contributed by atoms with Gasteiger partial charge in [0.05, 0.1) is 22.6 Å². The third kappa shape index (κ3) is 2.96. The number of benzene rings is 2. The summed E-state index contributed by atoms with van der Waals surface area (Å²) < 4.78 is 5.58. The summed E-state index contributed by atoms with van der Waals surface area (Å²) >= 11 is 0. The SMILES string of the molecule is Cc1ccc(C#N)cc1Oc1ccc(C#N)c([N+](=O)[O-])c1. The van der Waals surface area contributed by atoms with Crippen molar-refractivity contribution in [1.29, 1.82) is 10.5 Å². The molecule has 0 aliphatic rings. The highest BCUT2D eigenvalue weighted by Gasteiger charge is 2.15. The predicted molar refractivity (Wildman–Crippen MR) is 73.8 cm³/mol. The Bertz CT molecular complexity index is 801. The largest absolute Gasteiger partial charge is 0.457 e. The van der Waals surface area contributed by atoms with Crippen LogP contribution in [0.5, 0.6) is 11.5 Å². The zero-order chi connectivity index (χ0) is 15.4. The zero-order valence-electron chi connectivity index (χ0n) is 11.0. The Kier molecular flexibility index (Phi) is 3.83. The van der Waals surface area contributed by atoms with E-state index in [0.29, 0.717) is 11.3 Å². The molecule has 0 saturated carbocycles. The van der Waals surface area contributed by atoms with Crippen LogP contribution in [0.1, 0.15) is 16.7 Å². The Labute approximate surface area is 120 Å². The van der Waals surface area contributed by atoms with Gasteiger partial charge in [-0.15, -0.1) is 0 Å². The molecule has 6 nitrogen and oxygen atoms in total. The summed E-state index contributed by atoms with van der Waals surface area (Å²) in [5.41, 5.74) is 0.874. The van der Waals surface area contributed by atoms with Gasteiger partial charge in [-0.1, -0.05) is 6.07 Å². The van der Waals surface area contributed by atoms with Gasteiger partial charge in [0.1, 0.15) is 23.1 Å². The summed E-state index contributed by atoms with van der Waals surface area (Å²) in [6.07, 6.45) is 0. The first kappa shape index (κ1) is 14.0. The molecule has 0 bridgehead atoms. The van der Waals surface area contributed by atoms with E-state index in [2.05, 4.69) is 0 Å². The molecule has 2 aromatic rings. The van der Waals surface area contributed by atoms with Gasteiger partial charge >= 0.3 is 0 Å². The molecule has 0 fully saturated rings. The average molecular weight is 279 g/mol. The van der Waals surface area contributed by atoms with Crippen LogP contribution in [0.4, 0.5) is 5.69 Å². The number of hydrogen-bond acceptors (Lipinski definition) is 5. The first-order valence-electron chi connectivity index (χ1n) is 5.92. The minimum Gasteiger partial charge on any atom is -0.457 e. The molecule has 2 rings (SSSR count). The maximum atomic E-state index is 10.9.